The van der Waals surface area contributed by atoms with E-state index in [9.17, 15) is 26.3 Å². The molecule has 0 bridgehead atoms. The van der Waals surface area contributed by atoms with E-state index in [0.717, 1.165) is 40.0 Å². The van der Waals surface area contributed by atoms with E-state index < -0.39 is 23.5 Å². The predicted octanol–water partition coefficient (Wildman–Crippen LogP) is 7.47. The molecule has 5 rings (SSSR count). The number of alkyl halides is 6. The van der Waals surface area contributed by atoms with Crippen LogP contribution in [0, 0.1) is 18.8 Å². The van der Waals surface area contributed by atoms with Crippen molar-refractivity contribution in [1.29, 1.82) is 0 Å². The van der Waals surface area contributed by atoms with Gasteiger partial charge in [0.1, 0.15) is 5.82 Å². The number of benzene rings is 2. The largest absolute Gasteiger partial charge is 0.416 e. The van der Waals surface area contributed by atoms with Crippen LogP contribution in [0.3, 0.4) is 0 Å². The van der Waals surface area contributed by atoms with E-state index in [1.165, 1.54) is 25.7 Å². The van der Waals surface area contributed by atoms with Crippen molar-refractivity contribution < 1.29 is 26.3 Å². The van der Waals surface area contributed by atoms with Crippen LogP contribution in [0.2, 0.25) is 0 Å². The van der Waals surface area contributed by atoms with Crippen molar-refractivity contribution in [2.45, 2.75) is 64.1 Å². The third-order valence-corrected chi connectivity index (χ3v) is 6.98. The zero-order valence-electron chi connectivity index (χ0n) is 19.7. The van der Waals surface area contributed by atoms with Crippen LogP contribution in [0.15, 0.2) is 42.5 Å². The molecular weight excluding hydrogens is 480 g/mol. The smallest absolute Gasteiger partial charge is 0.366 e. The molecule has 0 amide bonds. The second-order valence-electron chi connectivity index (χ2n) is 10.0. The van der Waals surface area contributed by atoms with E-state index >= 15 is 0 Å². The van der Waals surface area contributed by atoms with Crippen molar-refractivity contribution in [1.82, 2.24) is 10.3 Å². The lowest BCUT2D eigenvalue weighted by atomic mass is 10.0. The van der Waals surface area contributed by atoms with Crippen LogP contribution in [0.25, 0.3) is 10.9 Å². The first kappa shape index (κ1) is 24.9. The van der Waals surface area contributed by atoms with Crippen LogP contribution in [-0.4, -0.2) is 11.0 Å². The van der Waals surface area contributed by atoms with Gasteiger partial charge in [-0.05, 0) is 79.8 Å². The summed E-state index contributed by atoms with van der Waals surface area (Å²) in [6.45, 7) is 2.09. The van der Waals surface area contributed by atoms with Crippen LogP contribution in [0.5, 0.6) is 0 Å². The van der Waals surface area contributed by atoms with Crippen molar-refractivity contribution in [3.05, 3.63) is 70.3 Å². The lowest BCUT2D eigenvalue weighted by molar-refractivity contribution is -0.143. The molecule has 1 aromatic heterocycles. The molecule has 0 spiro atoms. The average Bonchev–Trinajstić information content (AvgIpc) is 3.71. The maximum atomic E-state index is 13.2. The van der Waals surface area contributed by atoms with Crippen molar-refractivity contribution in [3.8, 4) is 0 Å². The molecule has 0 unspecified atom stereocenters. The summed E-state index contributed by atoms with van der Waals surface area (Å²) in [7, 11) is 0. The van der Waals surface area contributed by atoms with E-state index in [2.05, 4.69) is 10.6 Å². The van der Waals surface area contributed by atoms with Gasteiger partial charge in [0.15, 0.2) is 0 Å². The number of para-hydroxylation sites is 1. The number of nitrogens with one attached hydrogen (secondary N) is 2. The molecule has 3 aromatic rings. The van der Waals surface area contributed by atoms with Crippen molar-refractivity contribution in [2.75, 3.05) is 5.32 Å². The Hall–Kier alpha value is -2.81. The molecule has 36 heavy (non-hydrogen) atoms. The van der Waals surface area contributed by atoms with Crippen LogP contribution in [-0.2, 0) is 25.4 Å². The van der Waals surface area contributed by atoms with Crippen LogP contribution in [0.1, 0.15) is 53.5 Å². The second-order valence-corrected chi connectivity index (χ2v) is 10.0. The number of pyridine rings is 1. The Balaban J connectivity index is 1.40. The van der Waals surface area contributed by atoms with Crippen molar-refractivity contribution in [3.63, 3.8) is 0 Å². The molecule has 2 fully saturated rings. The number of halogens is 6. The van der Waals surface area contributed by atoms with Gasteiger partial charge in [-0.2, -0.15) is 26.3 Å². The van der Waals surface area contributed by atoms with Gasteiger partial charge >= 0.3 is 12.4 Å². The van der Waals surface area contributed by atoms with E-state index in [1.54, 1.807) is 0 Å². The van der Waals surface area contributed by atoms with Gasteiger partial charge < -0.3 is 10.6 Å². The molecule has 0 aliphatic heterocycles. The van der Waals surface area contributed by atoms with E-state index in [-0.39, 0.29) is 24.7 Å². The first-order chi connectivity index (χ1) is 17.0. The van der Waals surface area contributed by atoms with Crippen molar-refractivity contribution in [2.24, 2.45) is 11.8 Å². The Morgan fingerprint density at radius 1 is 0.861 bits per heavy atom. The summed E-state index contributed by atoms with van der Waals surface area (Å²) < 4.78 is 79.3. The van der Waals surface area contributed by atoms with Gasteiger partial charge in [-0.1, -0.05) is 18.2 Å². The molecule has 1 heterocycles. The predicted molar refractivity (Wildman–Crippen MR) is 126 cm³/mol. The highest BCUT2D eigenvalue weighted by Gasteiger charge is 2.42. The normalized spacial score (nSPS) is 16.7. The standard InChI is InChI=1S/C27H27F6N3/c1-15-3-2-4-19-11-20(25(35-23(15)19)36-24(17-5-6-17)18-7-8-18)14-34-13-16-9-21(26(28,29)30)12-22(10-16)27(31,32)33/h2-4,9-12,17-18,24,34H,5-8,13-14H2,1H3,(H,35,36). The summed E-state index contributed by atoms with van der Waals surface area (Å²) in [5.74, 6) is 1.98. The Morgan fingerprint density at radius 2 is 1.47 bits per heavy atom. The minimum absolute atomic E-state index is 0.0786. The van der Waals surface area contributed by atoms with Crippen LogP contribution < -0.4 is 10.6 Å². The lowest BCUT2D eigenvalue weighted by Gasteiger charge is -2.22. The first-order valence-electron chi connectivity index (χ1n) is 12.1. The first-order valence-corrected chi connectivity index (χ1v) is 12.1. The fourth-order valence-corrected chi connectivity index (χ4v) is 4.80. The molecule has 2 N–H and O–H groups in total. The summed E-state index contributed by atoms with van der Waals surface area (Å²) in [5, 5.41) is 7.63. The van der Waals surface area contributed by atoms with Gasteiger partial charge in [-0.25, -0.2) is 4.98 Å². The monoisotopic (exact) mass is 507 g/mol. The number of hydrogen-bond donors (Lipinski definition) is 2. The van der Waals surface area contributed by atoms with Crippen LogP contribution >= 0.6 is 0 Å². The van der Waals surface area contributed by atoms with E-state index in [1.807, 2.05) is 31.2 Å². The zero-order valence-corrected chi connectivity index (χ0v) is 19.7. The molecular formula is C27H27F6N3. The molecule has 2 aliphatic carbocycles. The SMILES string of the molecule is Cc1cccc2cc(CNCc3cc(C(F)(F)F)cc(C(F)(F)F)c3)c(NC(C3CC3)C3CC3)nc12. The Morgan fingerprint density at radius 3 is 2.03 bits per heavy atom. The van der Waals surface area contributed by atoms with Crippen molar-refractivity contribution >= 4 is 16.7 Å². The molecule has 9 heteroatoms. The van der Waals surface area contributed by atoms with Gasteiger partial charge in [0.05, 0.1) is 16.6 Å². The third-order valence-electron chi connectivity index (χ3n) is 6.98. The summed E-state index contributed by atoms with van der Waals surface area (Å²) >= 11 is 0. The number of nitrogens with zero attached hydrogens (tertiary/aromatic N) is 1. The Bertz CT molecular complexity index is 1210. The third kappa shape index (κ3) is 5.61. The molecule has 0 atom stereocenters. The molecule has 2 aromatic carbocycles. The number of fused-ring (bicyclic) bond motifs is 1. The molecule has 2 saturated carbocycles. The summed E-state index contributed by atoms with van der Waals surface area (Å²) in [4.78, 5) is 4.90. The van der Waals surface area contributed by atoms with Gasteiger partial charge in [0.25, 0.3) is 0 Å². The number of rotatable bonds is 8. The lowest BCUT2D eigenvalue weighted by Crippen LogP contribution is -2.26. The minimum Gasteiger partial charge on any atom is -0.366 e. The minimum atomic E-state index is -4.87. The number of aromatic nitrogens is 1. The number of aryl methyl sites for hydroxylation is 1. The zero-order chi connectivity index (χ0) is 25.7. The highest BCUT2D eigenvalue weighted by molar-refractivity contribution is 5.84. The molecule has 192 valence electrons. The Kier molecular flexibility index (Phi) is 6.39. The van der Waals surface area contributed by atoms with Gasteiger partial charge in [0.2, 0.25) is 0 Å². The second kappa shape index (κ2) is 9.25. The number of anilines is 1. The molecule has 0 radical (unpaired) electrons. The van der Waals surface area contributed by atoms with Gasteiger partial charge in [-0.3, -0.25) is 0 Å². The summed E-state index contributed by atoms with van der Waals surface area (Å²) in [5.41, 5.74) is 0.0504. The summed E-state index contributed by atoms with van der Waals surface area (Å²) in [6, 6.07) is 9.88. The van der Waals surface area contributed by atoms with Crippen LogP contribution in [0.4, 0.5) is 32.2 Å². The quantitative estimate of drug-likeness (QED) is 0.311. The molecule has 3 nitrogen and oxygen atoms in total. The molecule has 2 aliphatic rings. The van der Waals surface area contributed by atoms with Gasteiger partial charge in [0, 0.05) is 30.1 Å². The molecule has 0 saturated heterocycles. The summed E-state index contributed by atoms with van der Waals surface area (Å²) in [6.07, 6.45) is -4.99. The fourth-order valence-electron chi connectivity index (χ4n) is 4.80. The highest BCUT2D eigenvalue weighted by atomic mass is 19.4. The Labute approximate surface area is 205 Å². The topological polar surface area (TPSA) is 37.0 Å². The van der Waals surface area contributed by atoms with Gasteiger partial charge in [-0.15, -0.1) is 0 Å². The van der Waals surface area contributed by atoms with E-state index in [4.69, 9.17) is 4.98 Å². The number of hydrogen-bond acceptors (Lipinski definition) is 3. The maximum absolute atomic E-state index is 13.2. The maximum Gasteiger partial charge on any atom is 0.416 e. The highest BCUT2D eigenvalue weighted by Crippen LogP contribution is 2.46. The van der Waals surface area contributed by atoms with E-state index in [0.29, 0.717) is 17.9 Å². The average molecular weight is 508 g/mol. The fraction of sp³-hybridized carbons (Fsp3) is 0.444.